The Bertz CT molecular complexity index is 901. The fourth-order valence-corrected chi connectivity index (χ4v) is 8.85. The highest BCUT2D eigenvalue weighted by Gasteiger charge is 2.21. The summed E-state index contributed by atoms with van der Waals surface area (Å²) in [6.45, 7) is 0. The number of hydrogen-bond acceptors (Lipinski definition) is 6. The van der Waals surface area contributed by atoms with Crippen molar-refractivity contribution >= 4 is 68.5 Å². The summed E-state index contributed by atoms with van der Waals surface area (Å²) in [6, 6.07) is 26.7. The number of hydrogen-bond donors (Lipinski definition) is 0. The number of rotatable bonds is 15. The summed E-state index contributed by atoms with van der Waals surface area (Å²) in [7, 11) is 10.1. The third-order valence-corrected chi connectivity index (χ3v) is 12.5. The van der Waals surface area contributed by atoms with Crippen molar-refractivity contribution in [2.24, 2.45) is 0 Å². The summed E-state index contributed by atoms with van der Waals surface area (Å²) in [5, 5.41) is 7.61. The van der Waals surface area contributed by atoms with Crippen molar-refractivity contribution in [3.8, 4) is 0 Å². The van der Waals surface area contributed by atoms with Crippen LogP contribution in [0, 0.1) is 0 Å². The van der Waals surface area contributed by atoms with E-state index in [0.717, 1.165) is 0 Å². The monoisotopic (exact) mass is 565 g/mol. The second kappa shape index (κ2) is 15.6. The standard InChI is InChI=1S/C27H33O6Si4/c1-28-25(29-2)34-19-7-13-22(14-8-19)37(23-15-9-20(10-16-23)35-26(30-3)31-4)24-17-11-21(12-18-24)36-27(32-5)33-6/h7-18,25-27H,1-6H3. The smallest absolute Gasteiger partial charge is 0.157 e. The fourth-order valence-electron chi connectivity index (χ4n) is 3.75. The Labute approximate surface area is 229 Å². The van der Waals surface area contributed by atoms with Gasteiger partial charge in [0.25, 0.3) is 0 Å². The van der Waals surface area contributed by atoms with Crippen molar-refractivity contribution < 1.29 is 28.4 Å². The maximum atomic E-state index is 5.39. The highest BCUT2D eigenvalue weighted by Crippen LogP contribution is 1.98. The van der Waals surface area contributed by atoms with Gasteiger partial charge in [0, 0.05) is 42.7 Å². The van der Waals surface area contributed by atoms with Gasteiger partial charge in [0.05, 0.1) is 0 Å². The predicted octanol–water partition coefficient (Wildman–Crippen LogP) is -1.08. The molecule has 0 N–H and O–H groups in total. The third-order valence-electron chi connectivity index (χ3n) is 5.66. The van der Waals surface area contributed by atoms with Crippen molar-refractivity contribution in [1.29, 1.82) is 0 Å². The maximum Gasteiger partial charge on any atom is 0.157 e. The molecule has 7 radical (unpaired) electrons. The molecule has 0 spiro atoms. The average Bonchev–Trinajstić information content (AvgIpc) is 2.95. The molecule has 0 bridgehead atoms. The minimum atomic E-state index is -1.22. The number of methoxy groups -OCH3 is 6. The first-order valence-electron chi connectivity index (χ1n) is 11.7. The van der Waals surface area contributed by atoms with Crippen LogP contribution in [0.15, 0.2) is 72.8 Å². The van der Waals surface area contributed by atoms with Crippen molar-refractivity contribution in [3.05, 3.63) is 72.8 Å². The molecule has 0 aliphatic carbocycles. The van der Waals surface area contributed by atoms with Gasteiger partial charge in [-0.15, -0.1) is 0 Å². The Morgan fingerprint density at radius 2 is 0.622 bits per heavy atom. The van der Waals surface area contributed by atoms with Crippen molar-refractivity contribution in [2.75, 3.05) is 42.7 Å². The first kappa shape index (κ1) is 29.8. The van der Waals surface area contributed by atoms with E-state index in [1.54, 1.807) is 42.7 Å². The Hall–Kier alpha value is -1.71. The van der Waals surface area contributed by atoms with Crippen LogP contribution in [0.25, 0.3) is 0 Å². The molecule has 0 saturated carbocycles. The van der Waals surface area contributed by atoms with E-state index in [-0.39, 0.29) is 17.7 Å². The molecule has 0 atom stereocenters. The van der Waals surface area contributed by atoms with E-state index < -0.39 is 8.80 Å². The Balaban J connectivity index is 1.91. The second-order valence-corrected chi connectivity index (χ2v) is 14.4. The topological polar surface area (TPSA) is 55.4 Å². The van der Waals surface area contributed by atoms with Crippen LogP contribution in [0.3, 0.4) is 0 Å². The molecule has 0 aliphatic heterocycles. The summed E-state index contributed by atoms with van der Waals surface area (Å²) >= 11 is 0. The van der Waals surface area contributed by atoms with Crippen molar-refractivity contribution in [3.63, 3.8) is 0 Å². The molecule has 0 fully saturated rings. The van der Waals surface area contributed by atoms with Gasteiger partial charge in [0.2, 0.25) is 0 Å². The Kier molecular flexibility index (Phi) is 12.6. The molecular formula is C27H33O6Si4. The summed E-state index contributed by atoms with van der Waals surface area (Å²) in [5.74, 6) is -0.657. The van der Waals surface area contributed by atoms with Gasteiger partial charge in [-0.3, -0.25) is 0 Å². The fraction of sp³-hybridized carbons (Fsp3) is 0.333. The molecule has 37 heavy (non-hydrogen) atoms. The van der Waals surface area contributed by atoms with Crippen LogP contribution < -0.4 is 31.1 Å². The first-order valence-corrected chi connectivity index (χ1v) is 16.4. The van der Waals surface area contributed by atoms with Crippen LogP contribution in [-0.4, -0.2) is 97.8 Å². The molecule has 0 saturated heterocycles. The van der Waals surface area contributed by atoms with E-state index in [0.29, 0.717) is 28.6 Å². The van der Waals surface area contributed by atoms with Gasteiger partial charge in [0.1, 0.15) is 17.7 Å². The number of ether oxygens (including phenoxy) is 6. The van der Waals surface area contributed by atoms with Crippen LogP contribution in [-0.2, 0) is 28.4 Å². The second-order valence-electron chi connectivity index (χ2n) is 7.95. The zero-order chi connectivity index (χ0) is 26.6. The molecule has 0 aliphatic rings. The van der Waals surface area contributed by atoms with Crippen molar-refractivity contribution in [1.82, 2.24) is 0 Å². The van der Waals surface area contributed by atoms with Crippen LogP contribution >= 0.6 is 0 Å². The lowest BCUT2D eigenvalue weighted by atomic mass is 10.3. The molecule has 0 unspecified atom stereocenters. The lowest BCUT2D eigenvalue weighted by Crippen LogP contribution is -2.53. The van der Waals surface area contributed by atoms with Gasteiger partial charge in [-0.25, -0.2) is 0 Å². The zero-order valence-corrected chi connectivity index (χ0v) is 26.1. The first-order chi connectivity index (χ1) is 18.0. The quantitative estimate of drug-likeness (QED) is 0.133. The summed E-state index contributed by atoms with van der Waals surface area (Å²) in [5.41, 5.74) is 0. The molecule has 3 aromatic rings. The molecule has 0 amide bonds. The van der Waals surface area contributed by atoms with E-state index >= 15 is 0 Å². The van der Waals surface area contributed by atoms with E-state index in [2.05, 4.69) is 72.8 Å². The number of benzene rings is 3. The molecule has 3 rings (SSSR count). The van der Waals surface area contributed by atoms with Crippen LogP contribution in [0.5, 0.6) is 0 Å². The Morgan fingerprint density at radius 3 is 0.811 bits per heavy atom. The van der Waals surface area contributed by atoms with Gasteiger partial charge in [-0.1, -0.05) is 104 Å². The molecular weight excluding hydrogens is 533 g/mol. The molecule has 6 nitrogen and oxygen atoms in total. The maximum absolute atomic E-state index is 5.39. The molecule has 10 heteroatoms. The minimum Gasteiger partial charge on any atom is -0.360 e. The minimum absolute atomic E-state index is 0.219. The van der Waals surface area contributed by atoms with E-state index in [4.69, 9.17) is 28.4 Å². The van der Waals surface area contributed by atoms with Crippen LogP contribution in [0.1, 0.15) is 0 Å². The SMILES string of the molecule is COC(OC)[Si]c1ccc([Si](c2ccc([Si]C(OC)OC)cc2)c2ccc([Si]C(OC)OC)cc2)cc1. The lowest BCUT2D eigenvalue weighted by molar-refractivity contribution is -0.0430. The summed E-state index contributed by atoms with van der Waals surface area (Å²) in [6.07, 6.45) is 0. The van der Waals surface area contributed by atoms with Gasteiger partial charge < -0.3 is 28.4 Å². The summed E-state index contributed by atoms with van der Waals surface area (Å²) in [4.78, 5) is 0. The predicted molar refractivity (Wildman–Crippen MR) is 154 cm³/mol. The van der Waals surface area contributed by atoms with Gasteiger partial charge >= 0.3 is 0 Å². The molecule has 193 valence electrons. The molecule has 3 aromatic carbocycles. The lowest BCUT2D eigenvalue weighted by Gasteiger charge is -2.19. The average molecular weight is 566 g/mol. The zero-order valence-electron chi connectivity index (χ0n) is 22.1. The van der Waals surface area contributed by atoms with E-state index in [1.165, 1.54) is 31.1 Å². The highest BCUT2D eigenvalue weighted by atomic mass is 28.3. The highest BCUT2D eigenvalue weighted by molar-refractivity contribution is 6.95. The van der Waals surface area contributed by atoms with Gasteiger partial charge in [0.15, 0.2) is 37.4 Å². The van der Waals surface area contributed by atoms with Crippen LogP contribution in [0.4, 0.5) is 0 Å². The normalized spacial score (nSPS) is 11.8. The molecule has 0 heterocycles. The van der Waals surface area contributed by atoms with E-state index in [1.807, 2.05) is 0 Å². The van der Waals surface area contributed by atoms with Gasteiger partial charge in [-0.2, -0.15) is 0 Å². The van der Waals surface area contributed by atoms with Crippen molar-refractivity contribution in [2.45, 2.75) is 17.7 Å². The molecule has 0 aromatic heterocycles. The van der Waals surface area contributed by atoms with Crippen LogP contribution in [0.2, 0.25) is 0 Å². The largest absolute Gasteiger partial charge is 0.360 e. The third kappa shape index (κ3) is 8.65. The summed E-state index contributed by atoms with van der Waals surface area (Å²) < 4.78 is 32.3. The van der Waals surface area contributed by atoms with E-state index in [9.17, 15) is 0 Å². The van der Waals surface area contributed by atoms with Gasteiger partial charge in [-0.05, 0) is 0 Å². The Morgan fingerprint density at radius 1 is 0.405 bits per heavy atom.